The van der Waals surface area contributed by atoms with Gasteiger partial charge in [0.05, 0.1) is 17.0 Å². The number of anilines is 2. The Morgan fingerprint density at radius 1 is 1.03 bits per heavy atom. The van der Waals surface area contributed by atoms with Crippen LogP contribution in [0, 0.1) is 0 Å². The van der Waals surface area contributed by atoms with Gasteiger partial charge in [0.1, 0.15) is 11.4 Å². The molecule has 2 aliphatic heterocycles. The molecule has 0 unspecified atom stereocenters. The highest BCUT2D eigenvalue weighted by Crippen LogP contribution is 2.47. The van der Waals surface area contributed by atoms with Gasteiger partial charge in [-0.2, -0.15) is 0 Å². The van der Waals surface area contributed by atoms with E-state index in [4.69, 9.17) is 9.72 Å². The molecule has 1 aromatic heterocycles. The number of aromatic nitrogens is 1. The maximum absolute atomic E-state index is 13.5. The van der Waals surface area contributed by atoms with Gasteiger partial charge in [0.15, 0.2) is 9.84 Å². The number of amides is 2. The molecule has 4 fully saturated rings. The number of hydrogen-bond acceptors (Lipinski definition) is 7. The molecular weight excluding hydrogens is 504 g/mol. The van der Waals surface area contributed by atoms with Gasteiger partial charge in [-0.3, -0.25) is 9.69 Å². The highest BCUT2D eigenvalue weighted by atomic mass is 32.2. The molecule has 0 atom stereocenters. The average molecular weight is 539 g/mol. The number of cyclic esters (lactones) is 1. The summed E-state index contributed by atoms with van der Waals surface area (Å²) in [6.45, 7) is 6.13. The van der Waals surface area contributed by atoms with E-state index in [0.717, 1.165) is 12.1 Å². The topological polar surface area (TPSA) is 100 Å². The van der Waals surface area contributed by atoms with Gasteiger partial charge in [-0.15, -0.1) is 0 Å². The molecule has 6 rings (SSSR count). The lowest BCUT2D eigenvalue weighted by atomic mass is 10.1. The Morgan fingerprint density at radius 3 is 2.29 bits per heavy atom. The van der Waals surface area contributed by atoms with Crippen molar-refractivity contribution in [2.45, 2.75) is 61.9 Å². The van der Waals surface area contributed by atoms with Crippen molar-refractivity contribution in [2.24, 2.45) is 0 Å². The van der Waals surface area contributed by atoms with Crippen LogP contribution in [-0.4, -0.2) is 74.9 Å². The SMILES string of the molecule is CC1(C)CN(c2ccc(C(=O)N3CCN(c4ncc(C5CC5)cc4C4CC4)CC3)c(S(C)(=O)=O)c2)C(=O)O1. The normalized spacial score (nSPS) is 21.6. The maximum atomic E-state index is 13.5. The lowest BCUT2D eigenvalue weighted by molar-refractivity contribution is 0.0742. The minimum Gasteiger partial charge on any atom is -0.441 e. The molecule has 2 amide bonds. The lowest BCUT2D eigenvalue weighted by Crippen LogP contribution is -2.49. The Balaban J connectivity index is 1.20. The van der Waals surface area contributed by atoms with Gasteiger partial charge in [-0.1, -0.05) is 6.07 Å². The summed E-state index contributed by atoms with van der Waals surface area (Å²) < 4.78 is 30.8. The standard InChI is InChI=1S/C28H34N4O5S/c1-28(2)17-32(27(34)37-28)21-8-9-22(24(15-21)38(3,35)36)26(33)31-12-10-30(11-13-31)25-23(19-6-7-19)14-20(16-29-25)18-4-5-18/h8-9,14-16,18-19H,4-7,10-13,17H2,1-3H3. The molecule has 9 nitrogen and oxygen atoms in total. The van der Waals surface area contributed by atoms with Crippen molar-refractivity contribution in [3.8, 4) is 0 Å². The molecule has 10 heteroatoms. The summed E-state index contributed by atoms with van der Waals surface area (Å²) in [6, 6.07) is 6.90. The van der Waals surface area contributed by atoms with E-state index in [2.05, 4.69) is 11.0 Å². The first-order valence-corrected chi connectivity index (χ1v) is 15.3. The lowest BCUT2D eigenvalue weighted by Gasteiger charge is -2.36. The van der Waals surface area contributed by atoms with Gasteiger partial charge in [0, 0.05) is 44.3 Å². The molecule has 0 radical (unpaired) electrons. The number of carbonyl (C=O) groups excluding carboxylic acids is 2. The van der Waals surface area contributed by atoms with Crippen molar-refractivity contribution >= 4 is 33.3 Å². The second kappa shape index (κ2) is 8.97. The summed E-state index contributed by atoms with van der Waals surface area (Å²) in [4.78, 5) is 36.1. The van der Waals surface area contributed by atoms with Crippen molar-refractivity contribution in [3.63, 3.8) is 0 Å². The minimum absolute atomic E-state index is 0.0757. The van der Waals surface area contributed by atoms with Crippen LogP contribution in [-0.2, 0) is 14.6 Å². The summed E-state index contributed by atoms with van der Waals surface area (Å²) in [5.74, 6) is 1.97. The molecule has 0 N–H and O–H groups in total. The van der Waals surface area contributed by atoms with E-state index >= 15 is 0 Å². The van der Waals surface area contributed by atoms with E-state index in [9.17, 15) is 18.0 Å². The van der Waals surface area contributed by atoms with Crippen LogP contribution in [0.5, 0.6) is 0 Å². The summed E-state index contributed by atoms with van der Waals surface area (Å²) in [5, 5.41) is 0. The minimum atomic E-state index is -3.73. The van der Waals surface area contributed by atoms with Crippen LogP contribution in [0.1, 0.15) is 72.9 Å². The summed E-state index contributed by atoms with van der Waals surface area (Å²) in [6.07, 6.45) is 7.49. The molecule has 3 heterocycles. The van der Waals surface area contributed by atoms with E-state index in [-0.39, 0.29) is 16.4 Å². The van der Waals surface area contributed by atoms with Crippen LogP contribution in [0.2, 0.25) is 0 Å². The molecule has 2 saturated carbocycles. The Bertz CT molecular complexity index is 1410. The van der Waals surface area contributed by atoms with Crippen LogP contribution >= 0.6 is 0 Å². The van der Waals surface area contributed by atoms with Crippen LogP contribution < -0.4 is 9.80 Å². The Labute approximate surface area is 223 Å². The largest absolute Gasteiger partial charge is 0.441 e. The number of carbonyl (C=O) groups is 2. The molecule has 2 aromatic rings. The van der Waals surface area contributed by atoms with Gasteiger partial charge in [0.25, 0.3) is 5.91 Å². The third kappa shape index (κ3) is 4.86. The number of nitrogens with zero attached hydrogens (tertiary/aromatic N) is 4. The molecule has 2 saturated heterocycles. The van der Waals surface area contributed by atoms with Gasteiger partial charge in [0.2, 0.25) is 0 Å². The second-order valence-corrected chi connectivity index (χ2v) is 13.7. The zero-order valence-corrected chi connectivity index (χ0v) is 23.0. The first-order chi connectivity index (χ1) is 18.0. The highest BCUT2D eigenvalue weighted by Gasteiger charge is 2.39. The highest BCUT2D eigenvalue weighted by molar-refractivity contribution is 7.90. The zero-order valence-electron chi connectivity index (χ0n) is 22.1. The summed E-state index contributed by atoms with van der Waals surface area (Å²) in [7, 11) is -3.73. The second-order valence-electron chi connectivity index (χ2n) is 11.7. The molecule has 0 bridgehead atoms. The van der Waals surface area contributed by atoms with Crippen molar-refractivity contribution in [3.05, 3.63) is 47.2 Å². The van der Waals surface area contributed by atoms with Gasteiger partial charge in [-0.25, -0.2) is 18.2 Å². The fourth-order valence-electron chi connectivity index (χ4n) is 5.51. The van der Waals surface area contributed by atoms with Crippen molar-refractivity contribution < 1.29 is 22.7 Å². The van der Waals surface area contributed by atoms with Crippen LogP contribution in [0.4, 0.5) is 16.3 Å². The van der Waals surface area contributed by atoms with E-state index in [1.807, 2.05) is 6.20 Å². The van der Waals surface area contributed by atoms with E-state index < -0.39 is 21.5 Å². The van der Waals surface area contributed by atoms with E-state index in [1.165, 1.54) is 53.8 Å². The van der Waals surface area contributed by atoms with E-state index in [0.29, 0.717) is 50.2 Å². The van der Waals surface area contributed by atoms with Gasteiger partial charge < -0.3 is 14.5 Å². The average Bonchev–Trinajstić information content (AvgIpc) is 3.80. The smallest absolute Gasteiger partial charge is 0.415 e. The third-order valence-electron chi connectivity index (χ3n) is 7.88. The molecule has 38 heavy (non-hydrogen) atoms. The number of piperazine rings is 1. The van der Waals surface area contributed by atoms with Gasteiger partial charge in [-0.05, 0) is 80.7 Å². The van der Waals surface area contributed by atoms with Crippen LogP contribution in [0.3, 0.4) is 0 Å². The number of pyridine rings is 1. The summed E-state index contributed by atoms with van der Waals surface area (Å²) in [5.41, 5.74) is 2.54. The predicted octanol–water partition coefficient (Wildman–Crippen LogP) is 3.94. The Morgan fingerprint density at radius 2 is 1.71 bits per heavy atom. The quantitative estimate of drug-likeness (QED) is 0.549. The van der Waals surface area contributed by atoms with Crippen molar-refractivity contribution in [1.29, 1.82) is 0 Å². The third-order valence-corrected chi connectivity index (χ3v) is 9.01. The van der Waals surface area contributed by atoms with E-state index in [1.54, 1.807) is 24.8 Å². The molecular formula is C28H34N4O5S. The molecule has 2 aliphatic carbocycles. The predicted molar refractivity (Wildman–Crippen MR) is 144 cm³/mol. The Hall–Kier alpha value is -3.14. The monoisotopic (exact) mass is 538 g/mol. The molecule has 4 aliphatic rings. The molecule has 0 spiro atoms. The maximum Gasteiger partial charge on any atom is 0.415 e. The first-order valence-electron chi connectivity index (χ1n) is 13.4. The Kier molecular flexibility index (Phi) is 5.93. The van der Waals surface area contributed by atoms with Crippen LogP contribution in [0.25, 0.3) is 0 Å². The van der Waals surface area contributed by atoms with Crippen molar-refractivity contribution in [2.75, 3.05) is 48.8 Å². The number of ether oxygens (including phenoxy) is 1. The fraction of sp³-hybridized carbons (Fsp3) is 0.536. The summed E-state index contributed by atoms with van der Waals surface area (Å²) >= 11 is 0. The number of sulfone groups is 1. The zero-order chi connectivity index (χ0) is 26.8. The molecule has 1 aromatic carbocycles. The first kappa shape index (κ1) is 25.2. The number of rotatable bonds is 6. The van der Waals surface area contributed by atoms with Crippen molar-refractivity contribution in [1.82, 2.24) is 9.88 Å². The molecule has 202 valence electrons. The van der Waals surface area contributed by atoms with Gasteiger partial charge >= 0.3 is 6.09 Å². The number of benzene rings is 1. The fourth-order valence-corrected chi connectivity index (χ4v) is 6.40. The number of hydrogen-bond donors (Lipinski definition) is 0. The van der Waals surface area contributed by atoms with Crippen LogP contribution in [0.15, 0.2) is 35.4 Å².